The highest BCUT2D eigenvalue weighted by molar-refractivity contribution is 6.03. The summed E-state index contributed by atoms with van der Waals surface area (Å²) < 4.78 is 5.36. The average molecular weight is 362 g/mol. The van der Waals surface area contributed by atoms with Crippen LogP contribution in [-0.4, -0.2) is 23.0 Å². The van der Waals surface area contributed by atoms with Crippen LogP contribution in [0, 0.1) is 20.8 Å². The second-order valence-electron chi connectivity index (χ2n) is 6.37. The lowest BCUT2D eigenvalue weighted by Gasteiger charge is -2.12. The van der Waals surface area contributed by atoms with Crippen LogP contribution in [0.25, 0.3) is 0 Å². The topological polar surface area (TPSA) is 76.1 Å². The fraction of sp³-hybridized carbons (Fsp3) is 0.190. The molecule has 1 heterocycles. The van der Waals surface area contributed by atoms with Gasteiger partial charge in [-0.1, -0.05) is 18.2 Å². The van der Waals surface area contributed by atoms with E-state index in [9.17, 15) is 4.79 Å². The number of methoxy groups -OCH3 is 1. The summed E-state index contributed by atoms with van der Waals surface area (Å²) in [5.41, 5.74) is 4.93. The number of aromatic nitrogens is 2. The molecule has 138 valence electrons. The van der Waals surface area contributed by atoms with Gasteiger partial charge in [0.2, 0.25) is 5.95 Å². The number of carbonyl (C=O) groups is 1. The van der Waals surface area contributed by atoms with E-state index in [1.807, 2.05) is 57.2 Å². The van der Waals surface area contributed by atoms with E-state index in [4.69, 9.17) is 4.74 Å². The van der Waals surface area contributed by atoms with Crippen molar-refractivity contribution in [2.45, 2.75) is 20.8 Å². The molecule has 3 rings (SSSR count). The number of hydrogen-bond acceptors (Lipinski definition) is 5. The molecule has 0 atom stereocenters. The molecule has 27 heavy (non-hydrogen) atoms. The van der Waals surface area contributed by atoms with E-state index in [2.05, 4.69) is 20.6 Å². The lowest BCUT2D eigenvalue weighted by Crippen LogP contribution is -2.15. The fourth-order valence-electron chi connectivity index (χ4n) is 2.64. The molecule has 0 aliphatic rings. The molecule has 0 bridgehead atoms. The van der Waals surface area contributed by atoms with Gasteiger partial charge >= 0.3 is 0 Å². The molecule has 3 aromatic rings. The summed E-state index contributed by atoms with van der Waals surface area (Å²) in [6.45, 7) is 5.92. The highest BCUT2D eigenvalue weighted by Crippen LogP contribution is 2.27. The minimum absolute atomic E-state index is 0.278. The molecule has 0 aliphatic heterocycles. The summed E-state index contributed by atoms with van der Waals surface area (Å²) in [5.74, 6) is 0.715. The van der Waals surface area contributed by atoms with Crippen molar-refractivity contribution in [2.24, 2.45) is 0 Å². The molecule has 6 heteroatoms. The van der Waals surface area contributed by atoms with Crippen molar-refractivity contribution in [1.82, 2.24) is 9.97 Å². The van der Waals surface area contributed by atoms with E-state index in [0.717, 1.165) is 28.1 Å². The minimum atomic E-state index is -0.287. The van der Waals surface area contributed by atoms with Crippen LogP contribution in [-0.2, 0) is 0 Å². The number of nitrogens with one attached hydrogen (secondary N) is 2. The Morgan fingerprint density at radius 1 is 0.963 bits per heavy atom. The van der Waals surface area contributed by atoms with Crippen LogP contribution < -0.4 is 15.4 Å². The Bertz CT molecular complexity index is 986. The zero-order valence-corrected chi connectivity index (χ0v) is 15.8. The van der Waals surface area contributed by atoms with Gasteiger partial charge in [0, 0.05) is 11.9 Å². The number of carbonyl (C=O) groups excluding carboxylic acids is 1. The van der Waals surface area contributed by atoms with Gasteiger partial charge in [0.15, 0.2) is 0 Å². The van der Waals surface area contributed by atoms with Gasteiger partial charge < -0.3 is 15.4 Å². The summed E-state index contributed by atoms with van der Waals surface area (Å²) in [4.78, 5) is 21.1. The van der Waals surface area contributed by atoms with Crippen LogP contribution in [0.5, 0.6) is 5.75 Å². The first-order valence-electron chi connectivity index (χ1n) is 8.59. The van der Waals surface area contributed by atoms with Crippen molar-refractivity contribution in [2.75, 3.05) is 17.7 Å². The van der Waals surface area contributed by atoms with Gasteiger partial charge in [-0.2, -0.15) is 0 Å². The van der Waals surface area contributed by atoms with E-state index in [1.54, 1.807) is 19.4 Å². The van der Waals surface area contributed by atoms with Crippen molar-refractivity contribution in [3.05, 3.63) is 71.0 Å². The lowest BCUT2D eigenvalue weighted by atomic mass is 10.1. The van der Waals surface area contributed by atoms with Crippen LogP contribution in [0.3, 0.4) is 0 Å². The predicted molar refractivity (Wildman–Crippen MR) is 107 cm³/mol. The van der Waals surface area contributed by atoms with E-state index in [0.29, 0.717) is 11.7 Å². The first kappa shape index (κ1) is 18.4. The maximum Gasteiger partial charge on any atom is 0.274 e. The Kier molecular flexibility index (Phi) is 5.35. The molecule has 2 N–H and O–H groups in total. The standard InChI is InChI=1S/C21H22N4O2/c1-13-5-7-15(3)17(11-13)23-20(26)16-9-10-22-21(24-16)25-18-12-14(2)6-8-19(18)27-4/h5-12H,1-4H3,(H,23,26)(H,22,24,25). The Labute approximate surface area is 158 Å². The van der Waals surface area contributed by atoms with Crippen molar-refractivity contribution < 1.29 is 9.53 Å². The quantitative estimate of drug-likeness (QED) is 0.703. The molecule has 0 radical (unpaired) electrons. The number of rotatable bonds is 5. The summed E-state index contributed by atoms with van der Waals surface area (Å²) in [5, 5.41) is 6.03. The van der Waals surface area contributed by atoms with Gasteiger partial charge in [0.05, 0.1) is 12.8 Å². The number of amides is 1. The molecular weight excluding hydrogens is 340 g/mol. The number of ether oxygens (including phenoxy) is 1. The van der Waals surface area contributed by atoms with Crippen LogP contribution in [0.15, 0.2) is 48.7 Å². The summed E-state index contributed by atoms with van der Waals surface area (Å²) in [6, 6.07) is 13.3. The third-order valence-corrected chi connectivity index (χ3v) is 4.13. The molecule has 0 saturated carbocycles. The van der Waals surface area contributed by atoms with Gasteiger partial charge in [0.1, 0.15) is 11.4 Å². The second-order valence-corrected chi connectivity index (χ2v) is 6.37. The smallest absolute Gasteiger partial charge is 0.274 e. The minimum Gasteiger partial charge on any atom is -0.495 e. The largest absolute Gasteiger partial charge is 0.495 e. The van der Waals surface area contributed by atoms with Gasteiger partial charge in [0.25, 0.3) is 5.91 Å². The molecule has 6 nitrogen and oxygen atoms in total. The van der Waals surface area contributed by atoms with E-state index in [1.165, 1.54) is 0 Å². The van der Waals surface area contributed by atoms with Crippen LogP contribution in [0.4, 0.5) is 17.3 Å². The zero-order chi connectivity index (χ0) is 19.4. The van der Waals surface area contributed by atoms with E-state index >= 15 is 0 Å². The van der Waals surface area contributed by atoms with Crippen LogP contribution in [0.1, 0.15) is 27.2 Å². The first-order valence-corrected chi connectivity index (χ1v) is 8.59. The molecule has 1 aromatic heterocycles. The maximum atomic E-state index is 12.6. The monoisotopic (exact) mass is 362 g/mol. The average Bonchev–Trinajstić information content (AvgIpc) is 2.65. The Morgan fingerprint density at radius 3 is 2.41 bits per heavy atom. The predicted octanol–water partition coefficient (Wildman–Crippen LogP) is 4.41. The molecule has 1 amide bonds. The first-order chi connectivity index (χ1) is 13.0. The van der Waals surface area contributed by atoms with Crippen molar-refractivity contribution in [1.29, 1.82) is 0 Å². The summed E-state index contributed by atoms with van der Waals surface area (Å²) in [6.07, 6.45) is 1.55. The Balaban J connectivity index is 1.82. The molecule has 0 aliphatic carbocycles. The van der Waals surface area contributed by atoms with Gasteiger partial charge in [-0.25, -0.2) is 9.97 Å². The lowest BCUT2D eigenvalue weighted by molar-refractivity contribution is 0.102. The van der Waals surface area contributed by atoms with Crippen molar-refractivity contribution >= 4 is 23.2 Å². The van der Waals surface area contributed by atoms with Gasteiger partial charge in [-0.15, -0.1) is 0 Å². The second kappa shape index (κ2) is 7.86. The Hall–Kier alpha value is -3.41. The van der Waals surface area contributed by atoms with Crippen molar-refractivity contribution in [3.8, 4) is 5.75 Å². The molecular formula is C21H22N4O2. The third-order valence-electron chi connectivity index (χ3n) is 4.13. The molecule has 2 aromatic carbocycles. The number of hydrogen-bond donors (Lipinski definition) is 2. The fourth-order valence-corrected chi connectivity index (χ4v) is 2.64. The summed E-state index contributed by atoms with van der Waals surface area (Å²) in [7, 11) is 1.60. The zero-order valence-electron chi connectivity index (χ0n) is 15.8. The number of nitrogens with zero attached hydrogens (tertiary/aromatic N) is 2. The van der Waals surface area contributed by atoms with E-state index in [-0.39, 0.29) is 11.6 Å². The van der Waals surface area contributed by atoms with Crippen LogP contribution in [0.2, 0.25) is 0 Å². The Morgan fingerprint density at radius 2 is 1.67 bits per heavy atom. The number of anilines is 3. The van der Waals surface area contributed by atoms with Gasteiger partial charge in [-0.3, -0.25) is 4.79 Å². The van der Waals surface area contributed by atoms with Crippen LogP contribution >= 0.6 is 0 Å². The SMILES string of the molecule is COc1ccc(C)cc1Nc1nccc(C(=O)Nc2cc(C)ccc2C)n1. The molecule has 0 saturated heterocycles. The normalized spacial score (nSPS) is 10.4. The number of aryl methyl sites for hydroxylation is 3. The summed E-state index contributed by atoms with van der Waals surface area (Å²) >= 11 is 0. The van der Waals surface area contributed by atoms with E-state index < -0.39 is 0 Å². The van der Waals surface area contributed by atoms with Crippen molar-refractivity contribution in [3.63, 3.8) is 0 Å². The maximum absolute atomic E-state index is 12.6. The molecule has 0 spiro atoms. The third kappa shape index (κ3) is 4.41. The highest BCUT2D eigenvalue weighted by atomic mass is 16.5. The highest BCUT2D eigenvalue weighted by Gasteiger charge is 2.12. The molecule has 0 fully saturated rings. The molecule has 0 unspecified atom stereocenters. The van der Waals surface area contributed by atoms with Gasteiger partial charge in [-0.05, 0) is 61.7 Å². The number of benzene rings is 2.